The van der Waals surface area contributed by atoms with E-state index in [2.05, 4.69) is 4.74 Å². The largest absolute Gasteiger partial charge is 0.507 e. The Morgan fingerprint density at radius 3 is 2.67 bits per heavy atom. The van der Waals surface area contributed by atoms with Crippen molar-refractivity contribution < 1.29 is 29.6 Å². The Labute approximate surface area is 103 Å². The average molecular weight is 254 g/mol. The van der Waals surface area contributed by atoms with Gasteiger partial charge in [0.05, 0.1) is 12.2 Å². The Hall–Kier alpha value is -1.92. The summed E-state index contributed by atoms with van der Waals surface area (Å²) in [4.78, 5) is 21.8. The molecule has 3 N–H and O–H groups in total. The van der Waals surface area contributed by atoms with Crippen molar-refractivity contribution in [3.8, 4) is 5.75 Å². The Balaban J connectivity index is 2.92. The van der Waals surface area contributed by atoms with Gasteiger partial charge in [-0.25, -0.2) is 4.79 Å². The third-order valence-corrected chi connectivity index (χ3v) is 2.35. The molecule has 0 radical (unpaired) electrons. The molecule has 2 atom stereocenters. The second-order valence-corrected chi connectivity index (χ2v) is 3.58. The SMILES string of the molecule is CCOC(=O)C(O)C(O)c1ccc(O)c(C=O)c1. The van der Waals surface area contributed by atoms with Crippen LogP contribution >= 0.6 is 0 Å². The number of ether oxygens (including phenoxy) is 1. The molecule has 2 unspecified atom stereocenters. The van der Waals surface area contributed by atoms with Gasteiger partial charge in [-0.05, 0) is 24.6 Å². The minimum atomic E-state index is -1.74. The highest BCUT2D eigenvalue weighted by molar-refractivity contribution is 5.80. The molecule has 18 heavy (non-hydrogen) atoms. The van der Waals surface area contributed by atoms with E-state index in [0.717, 1.165) is 0 Å². The van der Waals surface area contributed by atoms with Crippen LogP contribution in [0.1, 0.15) is 28.9 Å². The number of phenols is 1. The van der Waals surface area contributed by atoms with Crippen LogP contribution < -0.4 is 0 Å². The lowest BCUT2D eigenvalue weighted by molar-refractivity contribution is -0.159. The minimum Gasteiger partial charge on any atom is -0.507 e. The summed E-state index contributed by atoms with van der Waals surface area (Å²) in [6.07, 6.45) is -2.86. The predicted octanol–water partition coefficient (Wildman–Crippen LogP) is 0.162. The van der Waals surface area contributed by atoms with Gasteiger partial charge in [0.2, 0.25) is 0 Å². The van der Waals surface area contributed by atoms with Crippen LogP contribution in [-0.4, -0.2) is 40.3 Å². The zero-order valence-corrected chi connectivity index (χ0v) is 9.74. The number of esters is 1. The van der Waals surface area contributed by atoms with E-state index in [1.165, 1.54) is 18.2 Å². The molecule has 1 aromatic rings. The molecule has 0 heterocycles. The summed E-state index contributed by atoms with van der Waals surface area (Å²) >= 11 is 0. The maximum atomic E-state index is 11.2. The average Bonchev–Trinajstić information content (AvgIpc) is 2.38. The summed E-state index contributed by atoms with van der Waals surface area (Å²) in [5, 5.41) is 28.6. The van der Waals surface area contributed by atoms with Crippen LogP contribution in [0, 0.1) is 0 Å². The first-order chi connectivity index (χ1) is 8.51. The van der Waals surface area contributed by atoms with Crippen molar-refractivity contribution in [3.63, 3.8) is 0 Å². The molecule has 0 saturated carbocycles. The lowest BCUT2D eigenvalue weighted by Gasteiger charge is -2.17. The molecule has 0 aliphatic carbocycles. The number of carbonyl (C=O) groups is 2. The molecule has 1 aromatic carbocycles. The van der Waals surface area contributed by atoms with E-state index >= 15 is 0 Å². The highest BCUT2D eigenvalue weighted by atomic mass is 16.5. The van der Waals surface area contributed by atoms with Gasteiger partial charge in [-0.1, -0.05) is 6.07 Å². The van der Waals surface area contributed by atoms with Crippen molar-refractivity contribution in [2.45, 2.75) is 19.1 Å². The van der Waals surface area contributed by atoms with Crippen LogP contribution in [0.4, 0.5) is 0 Å². The molecule has 0 bridgehead atoms. The van der Waals surface area contributed by atoms with Crippen molar-refractivity contribution in [1.29, 1.82) is 0 Å². The zero-order chi connectivity index (χ0) is 13.7. The standard InChI is InChI=1S/C12H14O6/c1-2-18-12(17)11(16)10(15)7-3-4-9(14)8(5-7)6-13/h3-6,10-11,14-16H,2H2,1H3. The van der Waals surface area contributed by atoms with Gasteiger partial charge in [0.25, 0.3) is 0 Å². The number of carbonyl (C=O) groups excluding carboxylic acids is 2. The van der Waals surface area contributed by atoms with E-state index in [0.29, 0.717) is 6.29 Å². The monoisotopic (exact) mass is 254 g/mol. The van der Waals surface area contributed by atoms with Gasteiger partial charge in [0.1, 0.15) is 11.9 Å². The van der Waals surface area contributed by atoms with Gasteiger partial charge in [0.15, 0.2) is 12.4 Å². The number of rotatable bonds is 5. The van der Waals surface area contributed by atoms with Crippen LogP contribution in [0.2, 0.25) is 0 Å². The van der Waals surface area contributed by atoms with E-state index in [-0.39, 0.29) is 23.5 Å². The number of hydrogen-bond acceptors (Lipinski definition) is 6. The van der Waals surface area contributed by atoms with Gasteiger partial charge in [-0.3, -0.25) is 4.79 Å². The van der Waals surface area contributed by atoms with Crippen LogP contribution in [0.25, 0.3) is 0 Å². The fraction of sp³-hybridized carbons (Fsp3) is 0.333. The molecule has 0 amide bonds. The summed E-state index contributed by atoms with van der Waals surface area (Å²) in [5.41, 5.74) is 0.0954. The van der Waals surface area contributed by atoms with Crippen LogP contribution in [0.3, 0.4) is 0 Å². The first-order valence-corrected chi connectivity index (χ1v) is 5.32. The number of phenolic OH excluding ortho intramolecular Hbond substituents is 1. The lowest BCUT2D eigenvalue weighted by Crippen LogP contribution is -2.29. The number of benzene rings is 1. The third-order valence-electron chi connectivity index (χ3n) is 2.35. The number of aldehydes is 1. The van der Waals surface area contributed by atoms with E-state index in [1.807, 2.05) is 0 Å². The van der Waals surface area contributed by atoms with E-state index in [9.17, 15) is 24.9 Å². The van der Waals surface area contributed by atoms with Crippen molar-refractivity contribution >= 4 is 12.3 Å². The summed E-state index contributed by atoms with van der Waals surface area (Å²) < 4.78 is 4.56. The fourth-order valence-electron chi connectivity index (χ4n) is 1.39. The van der Waals surface area contributed by atoms with Crippen LogP contribution in [-0.2, 0) is 9.53 Å². The maximum absolute atomic E-state index is 11.2. The van der Waals surface area contributed by atoms with Crippen molar-refractivity contribution in [3.05, 3.63) is 29.3 Å². The first kappa shape index (κ1) is 14.1. The second-order valence-electron chi connectivity index (χ2n) is 3.58. The molecular weight excluding hydrogens is 240 g/mol. The molecular formula is C12H14O6. The second kappa shape index (κ2) is 6.13. The molecule has 1 rings (SSSR count). The quantitative estimate of drug-likeness (QED) is 0.511. The maximum Gasteiger partial charge on any atom is 0.338 e. The highest BCUT2D eigenvalue weighted by Crippen LogP contribution is 2.23. The molecule has 0 spiro atoms. The molecule has 98 valence electrons. The van der Waals surface area contributed by atoms with E-state index < -0.39 is 18.2 Å². The van der Waals surface area contributed by atoms with Crippen molar-refractivity contribution in [2.75, 3.05) is 6.61 Å². The fourth-order valence-corrected chi connectivity index (χ4v) is 1.39. The molecule has 6 heteroatoms. The first-order valence-electron chi connectivity index (χ1n) is 5.32. The summed E-state index contributed by atoms with van der Waals surface area (Å²) in [6.45, 7) is 1.65. The normalized spacial score (nSPS) is 13.7. The summed E-state index contributed by atoms with van der Waals surface area (Å²) in [6, 6.07) is 3.69. The zero-order valence-electron chi connectivity index (χ0n) is 9.74. The molecule has 0 aliphatic heterocycles. The Kier molecular flexibility index (Phi) is 4.82. The Morgan fingerprint density at radius 2 is 2.11 bits per heavy atom. The molecule has 0 aliphatic rings. The topological polar surface area (TPSA) is 104 Å². The third kappa shape index (κ3) is 3.06. The van der Waals surface area contributed by atoms with E-state index in [4.69, 9.17) is 0 Å². The summed E-state index contributed by atoms with van der Waals surface area (Å²) in [7, 11) is 0. The van der Waals surface area contributed by atoms with Crippen LogP contribution in [0.15, 0.2) is 18.2 Å². The molecule has 0 aromatic heterocycles. The number of aromatic hydroxyl groups is 1. The summed E-state index contributed by atoms with van der Waals surface area (Å²) in [5.74, 6) is -1.20. The van der Waals surface area contributed by atoms with Gasteiger partial charge in [-0.2, -0.15) is 0 Å². The van der Waals surface area contributed by atoms with Crippen molar-refractivity contribution in [2.24, 2.45) is 0 Å². The number of aliphatic hydroxyl groups is 2. The Bertz CT molecular complexity index is 442. The van der Waals surface area contributed by atoms with Crippen LogP contribution in [0.5, 0.6) is 5.75 Å². The highest BCUT2D eigenvalue weighted by Gasteiger charge is 2.27. The van der Waals surface area contributed by atoms with Gasteiger partial charge in [0, 0.05) is 0 Å². The van der Waals surface area contributed by atoms with Gasteiger partial charge >= 0.3 is 5.97 Å². The minimum absolute atomic E-state index is 0.0393. The molecule has 0 fully saturated rings. The Morgan fingerprint density at radius 1 is 1.44 bits per heavy atom. The van der Waals surface area contributed by atoms with Crippen molar-refractivity contribution in [1.82, 2.24) is 0 Å². The molecule has 0 saturated heterocycles. The van der Waals surface area contributed by atoms with Gasteiger partial charge in [-0.15, -0.1) is 0 Å². The van der Waals surface area contributed by atoms with E-state index in [1.54, 1.807) is 6.92 Å². The number of hydrogen-bond donors (Lipinski definition) is 3. The smallest absolute Gasteiger partial charge is 0.338 e. The number of aliphatic hydroxyl groups excluding tert-OH is 2. The molecule has 6 nitrogen and oxygen atoms in total. The van der Waals surface area contributed by atoms with Gasteiger partial charge < -0.3 is 20.1 Å². The predicted molar refractivity (Wildman–Crippen MR) is 61.1 cm³/mol. The lowest BCUT2D eigenvalue weighted by atomic mass is 10.0.